The molecule has 7 heteroatoms. The molecule has 0 aliphatic carbocycles. The number of rotatable bonds is 7. The van der Waals surface area contributed by atoms with Gasteiger partial charge in [-0.25, -0.2) is 8.78 Å². The van der Waals surface area contributed by atoms with E-state index in [1.54, 1.807) is 0 Å². The number of carbonyl (C=O) groups is 2. The topological polar surface area (TPSA) is 55.4 Å². The maximum absolute atomic E-state index is 13.5. The highest BCUT2D eigenvalue weighted by Crippen LogP contribution is 2.22. The molecule has 1 amide bonds. The summed E-state index contributed by atoms with van der Waals surface area (Å²) in [7, 11) is 0. The molecule has 0 bridgehead atoms. The van der Waals surface area contributed by atoms with E-state index in [0.29, 0.717) is 6.54 Å². The van der Waals surface area contributed by atoms with Crippen LogP contribution in [0.4, 0.5) is 8.78 Å². The van der Waals surface area contributed by atoms with Gasteiger partial charge in [0.1, 0.15) is 11.6 Å². The summed E-state index contributed by atoms with van der Waals surface area (Å²) in [6, 6.07) is 12.3. The van der Waals surface area contributed by atoms with Gasteiger partial charge in [-0.15, -0.1) is 11.8 Å². The minimum absolute atomic E-state index is 0.0122. The first-order valence-corrected chi connectivity index (χ1v) is 8.53. The van der Waals surface area contributed by atoms with E-state index in [0.717, 1.165) is 35.5 Å². The number of thioether (sulfide) groups is 1. The zero-order valence-corrected chi connectivity index (χ0v) is 14.3. The maximum atomic E-state index is 13.5. The van der Waals surface area contributed by atoms with Gasteiger partial charge in [0.15, 0.2) is 6.10 Å². The number of carbonyl (C=O) groups excluding carboxylic acids is 2. The van der Waals surface area contributed by atoms with Crippen molar-refractivity contribution in [3.05, 3.63) is 65.7 Å². The van der Waals surface area contributed by atoms with Crippen molar-refractivity contribution in [3.63, 3.8) is 0 Å². The summed E-state index contributed by atoms with van der Waals surface area (Å²) >= 11 is 0.812. The van der Waals surface area contributed by atoms with Crippen molar-refractivity contribution in [2.24, 2.45) is 0 Å². The lowest BCUT2D eigenvalue weighted by atomic mass is 10.2. The molecule has 2 aromatic carbocycles. The van der Waals surface area contributed by atoms with Gasteiger partial charge in [-0.3, -0.25) is 9.59 Å². The highest BCUT2D eigenvalue weighted by molar-refractivity contribution is 8.00. The number of hydrogen-bond donors (Lipinski definition) is 1. The third-order valence-electron chi connectivity index (χ3n) is 3.23. The molecule has 0 saturated carbocycles. The Morgan fingerprint density at radius 2 is 1.88 bits per heavy atom. The van der Waals surface area contributed by atoms with E-state index in [1.807, 2.05) is 30.3 Å². The van der Waals surface area contributed by atoms with Gasteiger partial charge in [0.2, 0.25) is 0 Å². The summed E-state index contributed by atoms with van der Waals surface area (Å²) in [6.07, 6.45) is -0.978. The molecule has 1 N–H and O–H groups in total. The molecule has 25 heavy (non-hydrogen) atoms. The van der Waals surface area contributed by atoms with Crippen LogP contribution in [0.1, 0.15) is 12.5 Å². The lowest BCUT2D eigenvalue weighted by Gasteiger charge is -2.13. The van der Waals surface area contributed by atoms with Crippen LogP contribution in [-0.2, 0) is 20.9 Å². The quantitative estimate of drug-likeness (QED) is 0.604. The molecule has 132 valence electrons. The largest absolute Gasteiger partial charge is 0.452 e. The molecule has 0 aliphatic heterocycles. The third kappa shape index (κ3) is 6.19. The highest BCUT2D eigenvalue weighted by atomic mass is 32.2. The van der Waals surface area contributed by atoms with Gasteiger partial charge >= 0.3 is 5.97 Å². The molecule has 1 atom stereocenters. The molecule has 0 unspecified atom stereocenters. The summed E-state index contributed by atoms with van der Waals surface area (Å²) < 4.78 is 31.5. The number of ether oxygens (including phenoxy) is 1. The van der Waals surface area contributed by atoms with Gasteiger partial charge in [-0.05, 0) is 30.7 Å². The average molecular weight is 365 g/mol. The molecular formula is C18H17F2NO3S. The van der Waals surface area contributed by atoms with Gasteiger partial charge < -0.3 is 10.1 Å². The number of hydrogen-bond acceptors (Lipinski definition) is 4. The van der Waals surface area contributed by atoms with Crippen LogP contribution in [0.25, 0.3) is 0 Å². The molecule has 2 aromatic rings. The van der Waals surface area contributed by atoms with Gasteiger partial charge in [0, 0.05) is 11.4 Å². The fourth-order valence-corrected chi connectivity index (χ4v) is 2.68. The van der Waals surface area contributed by atoms with E-state index in [9.17, 15) is 18.4 Å². The first kappa shape index (κ1) is 18.9. The second kappa shape index (κ2) is 9.17. The SMILES string of the molecule is C[C@H](OC(=O)CSc1cc(F)ccc1F)C(=O)NCc1ccccc1. The Kier molecular flexibility index (Phi) is 6.94. The fourth-order valence-electron chi connectivity index (χ4n) is 1.94. The van der Waals surface area contributed by atoms with Crippen molar-refractivity contribution in [2.45, 2.75) is 24.5 Å². The van der Waals surface area contributed by atoms with Crippen molar-refractivity contribution in [2.75, 3.05) is 5.75 Å². The van der Waals surface area contributed by atoms with E-state index >= 15 is 0 Å². The molecule has 0 aromatic heterocycles. The zero-order chi connectivity index (χ0) is 18.2. The maximum Gasteiger partial charge on any atom is 0.317 e. The monoisotopic (exact) mass is 365 g/mol. The van der Waals surface area contributed by atoms with E-state index < -0.39 is 29.6 Å². The summed E-state index contributed by atoms with van der Waals surface area (Å²) in [6.45, 7) is 1.77. The molecule has 0 saturated heterocycles. The Morgan fingerprint density at radius 1 is 1.16 bits per heavy atom. The van der Waals surface area contributed by atoms with Crippen molar-refractivity contribution < 1.29 is 23.1 Å². The molecule has 4 nitrogen and oxygen atoms in total. The van der Waals surface area contributed by atoms with Crippen LogP contribution < -0.4 is 5.32 Å². The van der Waals surface area contributed by atoms with Crippen LogP contribution in [0.3, 0.4) is 0 Å². The second-order valence-corrected chi connectivity index (χ2v) is 6.22. The summed E-state index contributed by atoms with van der Waals surface area (Å²) in [4.78, 5) is 23.7. The van der Waals surface area contributed by atoms with Gasteiger partial charge in [0.05, 0.1) is 5.75 Å². The van der Waals surface area contributed by atoms with Crippen LogP contribution in [0.2, 0.25) is 0 Å². The predicted octanol–water partition coefficient (Wildman–Crippen LogP) is 3.31. The van der Waals surface area contributed by atoms with E-state index in [1.165, 1.54) is 6.92 Å². The lowest BCUT2D eigenvalue weighted by molar-refractivity contribution is -0.152. The summed E-state index contributed by atoms with van der Waals surface area (Å²) in [5, 5.41) is 2.66. The van der Waals surface area contributed by atoms with Crippen molar-refractivity contribution in [3.8, 4) is 0 Å². The van der Waals surface area contributed by atoms with Gasteiger partial charge in [-0.1, -0.05) is 30.3 Å². The van der Waals surface area contributed by atoms with Crippen LogP contribution in [-0.4, -0.2) is 23.7 Å². The average Bonchev–Trinajstić information content (AvgIpc) is 2.61. The van der Waals surface area contributed by atoms with E-state index in [4.69, 9.17) is 4.74 Å². The molecule has 0 fully saturated rings. The number of nitrogens with one attached hydrogen (secondary N) is 1. The number of benzene rings is 2. The van der Waals surface area contributed by atoms with Gasteiger partial charge in [0.25, 0.3) is 5.91 Å². The number of esters is 1. The standard InChI is InChI=1S/C18H17F2NO3S/c1-12(18(23)21-10-13-5-3-2-4-6-13)24-17(22)11-25-16-9-14(19)7-8-15(16)20/h2-9,12H,10-11H2,1H3,(H,21,23)/t12-/m0/s1. The molecule has 2 rings (SSSR count). The summed E-state index contributed by atoms with van der Waals surface area (Å²) in [5.41, 5.74) is 0.923. The number of amides is 1. The van der Waals surface area contributed by atoms with Crippen LogP contribution in [0, 0.1) is 11.6 Å². The summed E-state index contributed by atoms with van der Waals surface area (Å²) in [5.74, 6) is -2.55. The first-order chi connectivity index (χ1) is 12.0. The molecule has 0 heterocycles. The fraction of sp³-hybridized carbons (Fsp3) is 0.222. The van der Waals surface area contributed by atoms with E-state index in [-0.39, 0.29) is 10.6 Å². The Labute approximate surface area is 148 Å². The zero-order valence-electron chi connectivity index (χ0n) is 13.5. The lowest BCUT2D eigenvalue weighted by Crippen LogP contribution is -2.35. The minimum atomic E-state index is -0.978. The smallest absolute Gasteiger partial charge is 0.317 e. The predicted molar refractivity (Wildman–Crippen MR) is 90.9 cm³/mol. The third-order valence-corrected chi connectivity index (χ3v) is 4.23. The number of halogens is 2. The van der Waals surface area contributed by atoms with Crippen molar-refractivity contribution >= 4 is 23.6 Å². The van der Waals surface area contributed by atoms with E-state index in [2.05, 4.69) is 5.32 Å². The second-order valence-electron chi connectivity index (χ2n) is 5.20. The van der Waals surface area contributed by atoms with Crippen molar-refractivity contribution in [1.29, 1.82) is 0 Å². The van der Waals surface area contributed by atoms with Gasteiger partial charge in [-0.2, -0.15) is 0 Å². The Hall–Kier alpha value is -2.41. The molecule has 0 aliphatic rings. The Balaban J connectivity index is 1.77. The highest BCUT2D eigenvalue weighted by Gasteiger charge is 2.18. The van der Waals surface area contributed by atoms with Crippen LogP contribution in [0.5, 0.6) is 0 Å². The van der Waals surface area contributed by atoms with Crippen LogP contribution in [0.15, 0.2) is 53.4 Å². The normalized spacial score (nSPS) is 11.6. The Bertz CT molecular complexity index is 740. The Morgan fingerprint density at radius 3 is 2.60 bits per heavy atom. The van der Waals surface area contributed by atoms with Crippen molar-refractivity contribution in [1.82, 2.24) is 5.32 Å². The first-order valence-electron chi connectivity index (χ1n) is 7.54. The molecular weight excluding hydrogens is 348 g/mol. The molecule has 0 spiro atoms. The minimum Gasteiger partial charge on any atom is -0.452 e. The molecule has 0 radical (unpaired) electrons. The van der Waals surface area contributed by atoms with Crippen LogP contribution >= 0.6 is 11.8 Å².